The minimum atomic E-state index is -0.524. The fraction of sp³-hybridized carbons (Fsp3) is 0.200. The molecule has 0 fully saturated rings. The molecule has 0 spiro atoms. The second-order valence-corrected chi connectivity index (χ2v) is 4.93. The van der Waals surface area contributed by atoms with Crippen molar-refractivity contribution in [2.45, 2.75) is 19.7 Å². The van der Waals surface area contributed by atoms with Crippen LogP contribution in [0.5, 0.6) is 11.5 Å². The number of benzene rings is 2. The lowest BCUT2D eigenvalue weighted by atomic mass is 10.1. The molecule has 0 aliphatic carbocycles. The van der Waals surface area contributed by atoms with Crippen LogP contribution in [0.2, 0.25) is 0 Å². The van der Waals surface area contributed by atoms with E-state index in [4.69, 9.17) is 16.3 Å². The molecule has 110 valence electrons. The third-order valence-corrected chi connectivity index (χ3v) is 3.37. The number of halogens is 2. The van der Waals surface area contributed by atoms with Gasteiger partial charge in [-0.05, 0) is 43.2 Å². The van der Waals surface area contributed by atoms with Crippen molar-refractivity contribution in [3.05, 3.63) is 63.0 Å². The highest BCUT2D eigenvalue weighted by Gasteiger charge is 2.15. The summed E-state index contributed by atoms with van der Waals surface area (Å²) in [7, 11) is 0. The lowest BCUT2D eigenvalue weighted by molar-refractivity contribution is -0.385. The van der Waals surface area contributed by atoms with Gasteiger partial charge in [-0.25, -0.2) is 4.39 Å². The van der Waals surface area contributed by atoms with Gasteiger partial charge in [0.2, 0.25) is 0 Å². The van der Waals surface area contributed by atoms with E-state index in [0.29, 0.717) is 22.4 Å². The molecule has 0 amide bonds. The molecule has 0 heterocycles. The van der Waals surface area contributed by atoms with Crippen molar-refractivity contribution >= 4 is 17.3 Å². The van der Waals surface area contributed by atoms with Gasteiger partial charge in [0.25, 0.3) is 5.69 Å². The Hall–Kier alpha value is -2.14. The van der Waals surface area contributed by atoms with Crippen LogP contribution >= 0.6 is 11.6 Å². The van der Waals surface area contributed by atoms with Crippen LogP contribution in [0.4, 0.5) is 10.1 Å². The molecule has 0 aliphatic heterocycles. The maximum absolute atomic E-state index is 13.9. The summed E-state index contributed by atoms with van der Waals surface area (Å²) in [4.78, 5) is 10.4. The standard InChI is InChI=1S/C15H13ClFNO3/c1-9-6-15(10(2)5-13(9)18(19)20)21-14-4-3-11(8-16)7-12(14)17/h3-7H,8H2,1-2H3. The van der Waals surface area contributed by atoms with Crippen LogP contribution in [-0.2, 0) is 5.88 Å². The highest BCUT2D eigenvalue weighted by Crippen LogP contribution is 2.32. The minimum Gasteiger partial charge on any atom is -0.454 e. The van der Waals surface area contributed by atoms with Crippen molar-refractivity contribution in [1.29, 1.82) is 0 Å². The lowest BCUT2D eigenvalue weighted by Gasteiger charge is -2.11. The first-order valence-corrected chi connectivity index (χ1v) is 6.73. The fourth-order valence-electron chi connectivity index (χ4n) is 1.91. The van der Waals surface area contributed by atoms with Crippen LogP contribution in [0.3, 0.4) is 0 Å². The van der Waals surface area contributed by atoms with Gasteiger partial charge in [0.1, 0.15) is 5.75 Å². The van der Waals surface area contributed by atoms with E-state index < -0.39 is 10.7 Å². The molecule has 0 bridgehead atoms. The maximum Gasteiger partial charge on any atom is 0.272 e. The number of nitro groups is 1. The summed E-state index contributed by atoms with van der Waals surface area (Å²) in [5.41, 5.74) is 1.68. The average Bonchev–Trinajstić information content (AvgIpc) is 2.44. The first-order valence-electron chi connectivity index (χ1n) is 6.20. The van der Waals surface area contributed by atoms with Gasteiger partial charge in [0.05, 0.1) is 4.92 Å². The lowest BCUT2D eigenvalue weighted by Crippen LogP contribution is -1.96. The Morgan fingerprint density at radius 1 is 1.19 bits per heavy atom. The first kappa shape index (κ1) is 15.3. The molecule has 0 atom stereocenters. The van der Waals surface area contributed by atoms with Gasteiger partial charge in [0, 0.05) is 17.5 Å². The molecule has 21 heavy (non-hydrogen) atoms. The van der Waals surface area contributed by atoms with E-state index in [1.54, 1.807) is 19.9 Å². The molecule has 0 aromatic heterocycles. The largest absolute Gasteiger partial charge is 0.454 e. The zero-order valence-electron chi connectivity index (χ0n) is 11.5. The van der Waals surface area contributed by atoms with Crippen molar-refractivity contribution in [3.63, 3.8) is 0 Å². The fourth-order valence-corrected chi connectivity index (χ4v) is 2.08. The second kappa shape index (κ2) is 6.10. The van der Waals surface area contributed by atoms with Crippen LogP contribution < -0.4 is 4.74 Å². The number of nitro benzene ring substituents is 1. The topological polar surface area (TPSA) is 52.4 Å². The van der Waals surface area contributed by atoms with E-state index in [2.05, 4.69) is 0 Å². The summed E-state index contributed by atoms with van der Waals surface area (Å²) < 4.78 is 19.4. The van der Waals surface area contributed by atoms with Gasteiger partial charge >= 0.3 is 0 Å². The number of nitrogens with zero attached hydrogens (tertiary/aromatic N) is 1. The highest BCUT2D eigenvalue weighted by atomic mass is 35.5. The zero-order chi connectivity index (χ0) is 15.6. The van der Waals surface area contributed by atoms with E-state index in [0.717, 1.165) is 0 Å². The molecule has 0 saturated heterocycles. The molecule has 2 aromatic carbocycles. The third kappa shape index (κ3) is 3.31. The van der Waals surface area contributed by atoms with E-state index in [9.17, 15) is 14.5 Å². The molecule has 2 rings (SSSR count). The smallest absolute Gasteiger partial charge is 0.272 e. The predicted octanol–water partition coefficient (Wildman–Crippen LogP) is 4.88. The normalized spacial score (nSPS) is 10.5. The monoisotopic (exact) mass is 309 g/mol. The number of aryl methyl sites for hydroxylation is 2. The van der Waals surface area contributed by atoms with E-state index in [1.165, 1.54) is 24.3 Å². The summed E-state index contributed by atoms with van der Waals surface area (Å²) in [6, 6.07) is 7.40. The molecular formula is C15H13ClFNO3. The van der Waals surface area contributed by atoms with Gasteiger partial charge < -0.3 is 4.74 Å². The average molecular weight is 310 g/mol. The maximum atomic E-state index is 13.9. The van der Waals surface area contributed by atoms with E-state index >= 15 is 0 Å². The Kier molecular flexibility index (Phi) is 4.43. The number of ether oxygens (including phenoxy) is 1. The number of alkyl halides is 1. The van der Waals surface area contributed by atoms with E-state index in [-0.39, 0.29) is 17.3 Å². The molecule has 0 radical (unpaired) electrons. The minimum absolute atomic E-state index is 0.0119. The SMILES string of the molecule is Cc1cc([N+](=O)[O-])c(C)cc1Oc1ccc(CCl)cc1F. The zero-order valence-corrected chi connectivity index (χ0v) is 12.3. The summed E-state index contributed by atoms with van der Waals surface area (Å²) in [6.45, 7) is 3.28. The van der Waals surface area contributed by atoms with Gasteiger partial charge in [-0.2, -0.15) is 0 Å². The Bertz CT molecular complexity index is 704. The van der Waals surface area contributed by atoms with Crippen LogP contribution in [-0.4, -0.2) is 4.92 Å². The Morgan fingerprint density at radius 2 is 1.90 bits per heavy atom. The number of hydrogen-bond acceptors (Lipinski definition) is 3. The van der Waals surface area contributed by atoms with Gasteiger partial charge in [-0.15, -0.1) is 11.6 Å². The van der Waals surface area contributed by atoms with Crippen LogP contribution in [0.1, 0.15) is 16.7 Å². The second-order valence-electron chi connectivity index (χ2n) is 4.66. The molecule has 0 aliphatic rings. The van der Waals surface area contributed by atoms with Crippen molar-refractivity contribution < 1.29 is 14.1 Å². The number of hydrogen-bond donors (Lipinski definition) is 0. The Morgan fingerprint density at radius 3 is 2.48 bits per heavy atom. The summed E-state index contributed by atoms with van der Waals surface area (Å²) in [5, 5.41) is 10.9. The van der Waals surface area contributed by atoms with Crippen molar-refractivity contribution in [1.82, 2.24) is 0 Å². The third-order valence-electron chi connectivity index (χ3n) is 3.06. The van der Waals surface area contributed by atoms with Crippen molar-refractivity contribution in [3.8, 4) is 11.5 Å². The van der Waals surface area contributed by atoms with Gasteiger partial charge in [0.15, 0.2) is 11.6 Å². The molecule has 0 saturated carbocycles. The Balaban J connectivity index is 2.36. The first-order chi connectivity index (χ1) is 9.92. The molecular weight excluding hydrogens is 297 g/mol. The van der Waals surface area contributed by atoms with Crippen LogP contribution in [0.25, 0.3) is 0 Å². The van der Waals surface area contributed by atoms with Crippen molar-refractivity contribution in [2.24, 2.45) is 0 Å². The Labute approximate surface area is 126 Å². The summed E-state index contributed by atoms with van der Waals surface area (Å²) in [6.07, 6.45) is 0. The van der Waals surface area contributed by atoms with Gasteiger partial charge in [-0.1, -0.05) is 6.07 Å². The molecule has 4 nitrogen and oxygen atoms in total. The molecule has 6 heteroatoms. The predicted molar refractivity (Wildman–Crippen MR) is 78.6 cm³/mol. The quantitative estimate of drug-likeness (QED) is 0.459. The molecule has 0 unspecified atom stereocenters. The van der Waals surface area contributed by atoms with Crippen LogP contribution in [0.15, 0.2) is 30.3 Å². The van der Waals surface area contributed by atoms with Gasteiger partial charge in [-0.3, -0.25) is 10.1 Å². The molecule has 0 N–H and O–H groups in total. The van der Waals surface area contributed by atoms with Crippen molar-refractivity contribution in [2.75, 3.05) is 0 Å². The van der Waals surface area contributed by atoms with Crippen LogP contribution in [0, 0.1) is 29.8 Å². The summed E-state index contributed by atoms with van der Waals surface area (Å²) >= 11 is 5.63. The van der Waals surface area contributed by atoms with E-state index in [1.807, 2.05) is 0 Å². The summed E-state index contributed by atoms with van der Waals surface area (Å²) in [5.74, 6) is 0.131. The molecule has 2 aromatic rings. The highest BCUT2D eigenvalue weighted by molar-refractivity contribution is 6.17. The number of rotatable bonds is 4.